The fourth-order valence-corrected chi connectivity index (χ4v) is 4.39. The van der Waals surface area contributed by atoms with Gasteiger partial charge in [-0.1, -0.05) is 15.9 Å². The molecule has 4 rings (SSSR count). The van der Waals surface area contributed by atoms with Crippen LogP contribution in [0, 0.1) is 11.8 Å². The van der Waals surface area contributed by atoms with Gasteiger partial charge in [0.1, 0.15) is 0 Å². The Labute approximate surface area is 106 Å². The molecule has 0 spiro atoms. The van der Waals surface area contributed by atoms with E-state index in [-0.39, 0.29) is 0 Å². The molecule has 82 valence electrons. The molecule has 1 aliphatic carbocycles. The summed E-state index contributed by atoms with van der Waals surface area (Å²) in [6.07, 6.45) is 0. The predicted octanol–water partition coefficient (Wildman–Crippen LogP) is 2.99. The highest BCUT2D eigenvalue weighted by molar-refractivity contribution is 9.10. The van der Waals surface area contributed by atoms with Crippen LogP contribution in [0.2, 0.25) is 0 Å². The zero-order valence-corrected chi connectivity index (χ0v) is 11.0. The van der Waals surface area contributed by atoms with E-state index in [9.17, 15) is 0 Å². The van der Waals surface area contributed by atoms with E-state index in [1.165, 1.54) is 22.8 Å². The lowest BCUT2D eigenvalue weighted by Gasteiger charge is -1.98. The molecule has 2 fully saturated rings. The fourth-order valence-electron chi connectivity index (χ4n) is 2.85. The zero-order chi connectivity index (χ0) is 10.7. The van der Waals surface area contributed by atoms with Crippen molar-refractivity contribution in [1.82, 2.24) is 10.3 Å². The lowest BCUT2D eigenvalue weighted by molar-refractivity contribution is 0.683. The quantitative estimate of drug-likeness (QED) is 0.875. The predicted molar refractivity (Wildman–Crippen MR) is 69.9 cm³/mol. The molecule has 2 nitrogen and oxygen atoms in total. The minimum Gasteiger partial charge on any atom is -0.316 e. The van der Waals surface area contributed by atoms with Crippen molar-refractivity contribution < 1.29 is 0 Å². The molecule has 2 aromatic rings. The molecule has 1 aliphatic heterocycles. The molecule has 1 saturated heterocycles. The summed E-state index contributed by atoms with van der Waals surface area (Å²) in [5.74, 6) is 2.48. The summed E-state index contributed by atoms with van der Waals surface area (Å²) in [4.78, 5) is 4.78. The van der Waals surface area contributed by atoms with Gasteiger partial charge in [0, 0.05) is 10.4 Å². The number of hydrogen-bond donors (Lipinski definition) is 1. The second kappa shape index (κ2) is 3.28. The molecule has 0 unspecified atom stereocenters. The van der Waals surface area contributed by atoms with Crippen LogP contribution in [0.25, 0.3) is 10.2 Å². The number of aromatic nitrogens is 1. The first-order valence-electron chi connectivity index (χ1n) is 5.59. The zero-order valence-electron chi connectivity index (χ0n) is 8.61. The molecule has 2 heterocycles. The molecule has 1 N–H and O–H groups in total. The van der Waals surface area contributed by atoms with E-state index >= 15 is 0 Å². The van der Waals surface area contributed by atoms with Crippen LogP contribution >= 0.6 is 27.3 Å². The maximum absolute atomic E-state index is 4.78. The van der Waals surface area contributed by atoms with Gasteiger partial charge in [-0.2, -0.15) is 0 Å². The highest BCUT2D eigenvalue weighted by Crippen LogP contribution is 2.56. The maximum atomic E-state index is 4.78. The number of benzene rings is 1. The van der Waals surface area contributed by atoms with Crippen molar-refractivity contribution in [2.75, 3.05) is 13.1 Å². The molecular weight excluding hydrogens is 284 g/mol. The number of halogens is 1. The second-order valence-electron chi connectivity index (χ2n) is 4.68. The van der Waals surface area contributed by atoms with Crippen LogP contribution in [0.15, 0.2) is 22.7 Å². The minimum absolute atomic E-state index is 0.748. The molecular formula is C12H11BrN2S. The van der Waals surface area contributed by atoms with Crippen LogP contribution in [-0.2, 0) is 0 Å². The summed E-state index contributed by atoms with van der Waals surface area (Å²) in [5, 5.41) is 4.79. The van der Waals surface area contributed by atoms with Crippen molar-refractivity contribution in [3.8, 4) is 0 Å². The summed E-state index contributed by atoms with van der Waals surface area (Å²) in [5.41, 5.74) is 1.15. The van der Waals surface area contributed by atoms with Gasteiger partial charge < -0.3 is 5.32 Å². The van der Waals surface area contributed by atoms with Gasteiger partial charge in [0.2, 0.25) is 0 Å². The van der Waals surface area contributed by atoms with Gasteiger partial charge in [-0.25, -0.2) is 4.98 Å². The Morgan fingerprint density at radius 3 is 2.94 bits per heavy atom. The largest absolute Gasteiger partial charge is 0.316 e. The summed E-state index contributed by atoms with van der Waals surface area (Å²) >= 11 is 5.37. The summed E-state index contributed by atoms with van der Waals surface area (Å²) in [6.45, 7) is 2.38. The molecule has 3 atom stereocenters. The van der Waals surface area contributed by atoms with Gasteiger partial charge in [0.15, 0.2) is 0 Å². The van der Waals surface area contributed by atoms with Gasteiger partial charge in [-0.3, -0.25) is 0 Å². The van der Waals surface area contributed by atoms with E-state index in [2.05, 4.69) is 39.4 Å². The molecule has 4 heteroatoms. The van der Waals surface area contributed by atoms with Gasteiger partial charge >= 0.3 is 0 Å². The van der Waals surface area contributed by atoms with Crippen LogP contribution in [-0.4, -0.2) is 18.1 Å². The molecule has 1 aromatic heterocycles. The Kier molecular flexibility index (Phi) is 1.96. The van der Waals surface area contributed by atoms with Crippen LogP contribution in [0.1, 0.15) is 10.9 Å². The number of nitrogens with one attached hydrogen (secondary N) is 1. The van der Waals surface area contributed by atoms with Gasteiger partial charge in [-0.15, -0.1) is 11.3 Å². The SMILES string of the molecule is Brc1ccc2sc([C@@H]3[C@@H]4CNC[C@@H]43)nc2c1. The number of fused-ring (bicyclic) bond motifs is 2. The summed E-state index contributed by atoms with van der Waals surface area (Å²) in [7, 11) is 0. The Morgan fingerprint density at radius 2 is 2.12 bits per heavy atom. The van der Waals surface area contributed by atoms with E-state index < -0.39 is 0 Å². The van der Waals surface area contributed by atoms with Crippen molar-refractivity contribution in [2.24, 2.45) is 11.8 Å². The third-order valence-corrected chi connectivity index (χ3v) is 5.37. The monoisotopic (exact) mass is 294 g/mol. The Bertz CT molecular complexity index is 555. The number of thiazole rings is 1. The number of rotatable bonds is 1. The summed E-state index contributed by atoms with van der Waals surface area (Å²) < 4.78 is 2.44. The van der Waals surface area contributed by atoms with Gasteiger partial charge in [-0.05, 0) is 43.1 Å². The lowest BCUT2D eigenvalue weighted by atomic mass is 10.3. The fraction of sp³-hybridized carbons (Fsp3) is 0.417. The van der Waals surface area contributed by atoms with E-state index in [0.717, 1.165) is 27.7 Å². The Balaban J connectivity index is 1.76. The van der Waals surface area contributed by atoms with Crippen LogP contribution in [0.4, 0.5) is 0 Å². The van der Waals surface area contributed by atoms with E-state index in [0.29, 0.717) is 0 Å². The molecule has 1 aromatic carbocycles. The molecule has 0 bridgehead atoms. The van der Waals surface area contributed by atoms with Crippen molar-refractivity contribution in [3.63, 3.8) is 0 Å². The molecule has 2 aliphatic rings. The Hall–Kier alpha value is -0.450. The molecule has 1 saturated carbocycles. The van der Waals surface area contributed by atoms with Crippen molar-refractivity contribution in [3.05, 3.63) is 27.7 Å². The Morgan fingerprint density at radius 1 is 1.31 bits per heavy atom. The van der Waals surface area contributed by atoms with Gasteiger partial charge in [0.25, 0.3) is 0 Å². The lowest BCUT2D eigenvalue weighted by Crippen LogP contribution is -2.13. The highest BCUT2D eigenvalue weighted by Gasteiger charge is 2.54. The van der Waals surface area contributed by atoms with E-state index in [1.807, 2.05) is 11.3 Å². The number of nitrogens with zero attached hydrogens (tertiary/aromatic N) is 1. The second-order valence-corrected chi connectivity index (χ2v) is 6.65. The van der Waals surface area contributed by atoms with Crippen LogP contribution in [0.3, 0.4) is 0 Å². The topological polar surface area (TPSA) is 24.9 Å². The van der Waals surface area contributed by atoms with Crippen molar-refractivity contribution >= 4 is 37.5 Å². The average Bonchev–Trinajstić information content (AvgIpc) is 2.68. The molecule has 0 radical (unpaired) electrons. The molecule has 0 amide bonds. The number of piperidine rings is 1. The standard InChI is InChI=1S/C12H11BrN2S/c13-6-1-2-10-9(3-6)15-12(16-10)11-7-4-14-5-8(7)11/h1-3,7-8,11,14H,4-5H2/t7-,8+,11-. The van der Waals surface area contributed by atoms with Crippen molar-refractivity contribution in [1.29, 1.82) is 0 Å². The van der Waals surface area contributed by atoms with Crippen LogP contribution < -0.4 is 5.32 Å². The first-order chi connectivity index (χ1) is 7.83. The molecule has 16 heavy (non-hydrogen) atoms. The highest BCUT2D eigenvalue weighted by atomic mass is 79.9. The van der Waals surface area contributed by atoms with Gasteiger partial charge in [0.05, 0.1) is 15.2 Å². The smallest absolute Gasteiger partial charge is 0.0976 e. The van der Waals surface area contributed by atoms with Crippen molar-refractivity contribution in [2.45, 2.75) is 5.92 Å². The minimum atomic E-state index is 0.748. The first kappa shape index (κ1) is 9.57. The number of hydrogen-bond acceptors (Lipinski definition) is 3. The van der Waals surface area contributed by atoms with E-state index in [4.69, 9.17) is 4.98 Å². The van der Waals surface area contributed by atoms with E-state index in [1.54, 1.807) is 0 Å². The maximum Gasteiger partial charge on any atom is 0.0976 e. The first-order valence-corrected chi connectivity index (χ1v) is 7.20. The summed E-state index contributed by atoms with van der Waals surface area (Å²) in [6, 6.07) is 6.38. The van der Waals surface area contributed by atoms with Crippen LogP contribution in [0.5, 0.6) is 0 Å². The normalized spacial score (nSPS) is 31.9. The third-order valence-electron chi connectivity index (χ3n) is 3.74. The third kappa shape index (κ3) is 1.30. The average molecular weight is 295 g/mol.